The van der Waals surface area contributed by atoms with E-state index in [-0.39, 0.29) is 17.4 Å². The van der Waals surface area contributed by atoms with Gasteiger partial charge in [0.15, 0.2) is 17.3 Å². The van der Waals surface area contributed by atoms with Crippen LogP contribution in [0.25, 0.3) is 0 Å². The van der Waals surface area contributed by atoms with E-state index in [1.165, 1.54) is 18.9 Å². The third kappa shape index (κ3) is 5.79. The van der Waals surface area contributed by atoms with E-state index < -0.39 is 0 Å². The summed E-state index contributed by atoms with van der Waals surface area (Å²) in [7, 11) is 4.63. The molecule has 1 N–H and O–H groups in total. The number of carbonyl (C=O) groups excluding carboxylic acids is 2. The summed E-state index contributed by atoms with van der Waals surface area (Å²) in [6.45, 7) is 0. The number of methoxy groups -OCH3 is 3. The molecule has 0 saturated heterocycles. The fourth-order valence-corrected chi connectivity index (χ4v) is 3.72. The Labute approximate surface area is 185 Å². The molecule has 0 aliphatic heterocycles. The molecule has 7 heteroatoms. The molecule has 160 valence electrons. The van der Waals surface area contributed by atoms with E-state index in [9.17, 15) is 9.59 Å². The zero-order chi connectivity index (χ0) is 22.2. The molecule has 0 bridgehead atoms. The SMILES string of the molecule is COc1cccc(C(=O)CSc2cccc(NC(=O)c3ccc(OC)c(OC)c3)c2)c1. The van der Waals surface area contributed by atoms with Crippen molar-refractivity contribution in [1.29, 1.82) is 0 Å². The maximum atomic E-state index is 12.6. The number of amides is 1. The Morgan fingerprint density at radius 3 is 2.32 bits per heavy atom. The van der Waals surface area contributed by atoms with Crippen LogP contribution in [0.5, 0.6) is 17.2 Å². The molecule has 0 heterocycles. The van der Waals surface area contributed by atoms with E-state index in [4.69, 9.17) is 14.2 Å². The number of ether oxygens (including phenoxy) is 3. The number of benzene rings is 3. The molecule has 0 radical (unpaired) electrons. The van der Waals surface area contributed by atoms with Crippen molar-refractivity contribution in [2.45, 2.75) is 4.90 Å². The molecule has 0 unspecified atom stereocenters. The second-order valence-electron chi connectivity index (χ2n) is 6.50. The number of hydrogen-bond donors (Lipinski definition) is 1. The average Bonchev–Trinajstić information content (AvgIpc) is 2.82. The number of anilines is 1. The van der Waals surface area contributed by atoms with Crippen molar-refractivity contribution >= 4 is 29.1 Å². The van der Waals surface area contributed by atoms with Gasteiger partial charge in [-0.25, -0.2) is 0 Å². The third-order valence-electron chi connectivity index (χ3n) is 4.50. The highest BCUT2D eigenvalue weighted by molar-refractivity contribution is 8.00. The predicted octanol–water partition coefficient (Wildman–Crippen LogP) is 4.94. The van der Waals surface area contributed by atoms with E-state index in [1.807, 2.05) is 18.2 Å². The van der Waals surface area contributed by atoms with Crippen LogP contribution in [-0.4, -0.2) is 38.8 Å². The minimum Gasteiger partial charge on any atom is -0.497 e. The molecular weight excluding hydrogens is 414 g/mol. The summed E-state index contributed by atoms with van der Waals surface area (Å²) in [6.07, 6.45) is 0. The number of nitrogens with one attached hydrogen (secondary N) is 1. The fraction of sp³-hybridized carbons (Fsp3) is 0.167. The molecular formula is C24H23NO5S. The first-order chi connectivity index (χ1) is 15.0. The second-order valence-corrected chi connectivity index (χ2v) is 7.54. The van der Waals surface area contributed by atoms with Gasteiger partial charge in [0.1, 0.15) is 5.75 Å². The predicted molar refractivity (Wildman–Crippen MR) is 122 cm³/mol. The summed E-state index contributed by atoms with van der Waals surface area (Å²) in [6, 6.07) is 19.4. The molecule has 31 heavy (non-hydrogen) atoms. The Bertz CT molecular complexity index is 1080. The number of thioether (sulfide) groups is 1. The first-order valence-corrected chi connectivity index (χ1v) is 10.5. The lowest BCUT2D eigenvalue weighted by atomic mass is 10.1. The van der Waals surface area contributed by atoms with Crippen molar-refractivity contribution in [3.05, 3.63) is 77.9 Å². The van der Waals surface area contributed by atoms with Crippen LogP contribution in [0.2, 0.25) is 0 Å². The topological polar surface area (TPSA) is 73.9 Å². The Balaban J connectivity index is 1.64. The summed E-state index contributed by atoms with van der Waals surface area (Å²) >= 11 is 1.41. The van der Waals surface area contributed by atoms with Gasteiger partial charge < -0.3 is 19.5 Å². The largest absolute Gasteiger partial charge is 0.497 e. The molecule has 0 aliphatic carbocycles. The van der Waals surface area contributed by atoms with Crippen molar-refractivity contribution in [3.8, 4) is 17.2 Å². The van der Waals surface area contributed by atoms with Crippen molar-refractivity contribution in [2.24, 2.45) is 0 Å². The van der Waals surface area contributed by atoms with Crippen LogP contribution >= 0.6 is 11.8 Å². The van der Waals surface area contributed by atoms with Crippen LogP contribution in [0.1, 0.15) is 20.7 Å². The summed E-state index contributed by atoms with van der Waals surface area (Å²) in [5.41, 5.74) is 1.69. The van der Waals surface area contributed by atoms with Crippen LogP contribution in [0.15, 0.2) is 71.6 Å². The van der Waals surface area contributed by atoms with Crippen molar-refractivity contribution < 1.29 is 23.8 Å². The molecule has 1 amide bonds. The maximum Gasteiger partial charge on any atom is 0.255 e. The Morgan fingerprint density at radius 1 is 0.806 bits per heavy atom. The van der Waals surface area contributed by atoms with E-state index in [0.29, 0.717) is 34.1 Å². The van der Waals surface area contributed by atoms with Gasteiger partial charge in [-0.15, -0.1) is 11.8 Å². The molecule has 0 fully saturated rings. The Morgan fingerprint density at radius 2 is 1.58 bits per heavy atom. The first kappa shape index (κ1) is 22.2. The zero-order valence-electron chi connectivity index (χ0n) is 17.5. The molecule has 3 rings (SSSR count). The lowest BCUT2D eigenvalue weighted by Crippen LogP contribution is -2.12. The van der Waals surface area contributed by atoms with Crippen LogP contribution < -0.4 is 19.5 Å². The standard InChI is InChI=1S/C24H23NO5S/c1-28-19-8-4-6-16(12-19)21(26)15-31-20-9-5-7-18(14-20)25-24(27)17-10-11-22(29-2)23(13-17)30-3/h4-14H,15H2,1-3H3,(H,25,27). The number of rotatable bonds is 9. The smallest absolute Gasteiger partial charge is 0.255 e. The summed E-state index contributed by atoms with van der Waals surface area (Å²) in [5.74, 6) is 1.70. The summed E-state index contributed by atoms with van der Waals surface area (Å²) < 4.78 is 15.6. The number of Topliss-reactive ketones (excluding diaryl/α,β-unsaturated/α-hetero) is 1. The summed E-state index contributed by atoms with van der Waals surface area (Å²) in [4.78, 5) is 26.0. The molecule has 0 saturated carbocycles. The van der Waals surface area contributed by atoms with Gasteiger partial charge in [-0.3, -0.25) is 9.59 Å². The Hall–Kier alpha value is -3.45. The molecule has 0 atom stereocenters. The van der Waals surface area contributed by atoms with Gasteiger partial charge in [0.2, 0.25) is 0 Å². The van der Waals surface area contributed by atoms with Gasteiger partial charge in [0.25, 0.3) is 5.91 Å². The van der Waals surface area contributed by atoms with E-state index in [0.717, 1.165) is 4.90 Å². The molecule has 0 aromatic heterocycles. The van der Waals surface area contributed by atoms with Gasteiger partial charge in [-0.05, 0) is 48.5 Å². The van der Waals surface area contributed by atoms with Gasteiger partial charge in [0.05, 0.1) is 27.1 Å². The highest BCUT2D eigenvalue weighted by atomic mass is 32.2. The number of carbonyl (C=O) groups is 2. The minimum atomic E-state index is -0.268. The van der Waals surface area contributed by atoms with Crippen LogP contribution in [0.3, 0.4) is 0 Å². The fourth-order valence-electron chi connectivity index (χ4n) is 2.87. The van der Waals surface area contributed by atoms with Crippen LogP contribution in [0.4, 0.5) is 5.69 Å². The molecule has 3 aromatic carbocycles. The van der Waals surface area contributed by atoms with E-state index in [1.54, 1.807) is 62.8 Å². The number of ketones is 1. The van der Waals surface area contributed by atoms with Gasteiger partial charge in [-0.2, -0.15) is 0 Å². The molecule has 6 nitrogen and oxygen atoms in total. The van der Waals surface area contributed by atoms with Gasteiger partial charge >= 0.3 is 0 Å². The normalized spacial score (nSPS) is 10.3. The van der Waals surface area contributed by atoms with Crippen molar-refractivity contribution in [3.63, 3.8) is 0 Å². The molecule has 0 spiro atoms. The average molecular weight is 438 g/mol. The lowest BCUT2D eigenvalue weighted by Gasteiger charge is -2.11. The van der Waals surface area contributed by atoms with E-state index >= 15 is 0 Å². The van der Waals surface area contributed by atoms with E-state index in [2.05, 4.69) is 5.32 Å². The van der Waals surface area contributed by atoms with Gasteiger partial charge in [-0.1, -0.05) is 18.2 Å². The molecule has 0 aliphatic rings. The highest BCUT2D eigenvalue weighted by Crippen LogP contribution is 2.28. The summed E-state index contributed by atoms with van der Waals surface area (Å²) in [5, 5.41) is 2.87. The van der Waals surface area contributed by atoms with Gasteiger partial charge in [0, 0.05) is 21.7 Å². The highest BCUT2D eigenvalue weighted by Gasteiger charge is 2.12. The molecule has 3 aromatic rings. The van der Waals surface area contributed by atoms with Crippen LogP contribution in [0, 0.1) is 0 Å². The first-order valence-electron chi connectivity index (χ1n) is 9.47. The lowest BCUT2D eigenvalue weighted by molar-refractivity contribution is 0.101. The van der Waals surface area contributed by atoms with Crippen molar-refractivity contribution in [2.75, 3.05) is 32.4 Å². The zero-order valence-corrected chi connectivity index (χ0v) is 18.3. The Kier molecular flexibility index (Phi) is 7.56. The van der Waals surface area contributed by atoms with Crippen molar-refractivity contribution in [1.82, 2.24) is 0 Å². The monoisotopic (exact) mass is 437 g/mol. The minimum absolute atomic E-state index is 0.00339. The van der Waals surface area contributed by atoms with Crippen LogP contribution in [-0.2, 0) is 0 Å². The number of hydrogen-bond acceptors (Lipinski definition) is 6. The maximum absolute atomic E-state index is 12.6. The quantitative estimate of drug-likeness (QED) is 0.378. The third-order valence-corrected chi connectivity index (χ3v) is 5.49. The second kappa shape index (κ2) is 10.5.